The first-order chi connectivity index (χ1) is 3.72. The van der Waals surface area contributed by atoms with Crippen LogP contribution in [0.4, 0.5) is 0 Å². The molecule has 0 aliphatic carbocycles. The van der Waals surface area contributed by atoms with E-state index in [0.717, 1.165) is 11.8 Å². The zero-order chi connectivity index (χ0) is 6.57. The van der Waals surface area contributed by atoms with Gasteiger partial charge in [-0.3, -0.25) is 0 Å². The van der Waals surface area contributed by atoms with Gasteiger partial charge in [0.25, 0.3) is 0 Å². The molecule has 0 saturated heterocycles. The average Bonchev–Trinajstić information content (AvgIpc) is 1.84. The molecule has 0 aromatic rings. The summed E-state index contributed by atoms with van der Waals surface area (Å²) in [4.78, 5) is 0. The van der Waals surface area contributed by atoms with Crippen LogP contribution in [0.1, 0.15) is 48.0 Å². The summed E-state index contributed by atoms with van der Waals surface area (Å²) < 4.78 is 0. The van der Waals surface area contributed by atoms with E-state index < -0.39 is 0 Å². The molecular formula is C9H22Ar3. The fourth-order valence-electron chi connectivity index (χ4n) is 0.805. The Morgan fingerprint density at radius 2 is 0.917 bits per heavy atom. The minimum absolute atomic E-state index is 0. The van der Waals surface area contributed by atoms with Crippen molar-refractivity contribution in [2.45, 2.75) is 48.0 Å². The standard InChI is InChI=1S/C8H18.CH4.3Ar/c1-5-7(3)8(4)6-2;;;;/h7-8H,5-6H2,1-4H3;1H4;;;. The normalized spacial score (nSPS) is 12.0. The van der Waals surface area contributed by atoms with Gasteiger partial charge in [0.05, 0.1) is 0 Å². The molecule has 82 valence electrons. The van der Waals surface area contributed by atoms with E-state index >= 15 is 0 Å². The first kappa shape index (κ1) is 29.7. The van der Waals surface area contributed by atoms with Crippen molar-refractivity contribution in [1.82, 2.24) is 0 Å². The Bertz CT molecular complexity index is 49.7. The maximum atomic E-state index is 2.33. The maximum absolute atomic E-state index is 2.33. The molecule has 12 heavy (non-hydrogen) atoms. The van der Waals surface area contributed by atoms with Gasteiger partial charge in [-0.05, 0) is 11.8 Å². The van der Waals surface area contributed by atoms with Crippen molar-refractivity contribution in [3.8, 4) is 0 Å². The minimum atomic E-state index is 0. The van der Waals surface area contributed by atoms with Crippen molar-refractivity contribution in [2.24, 2.45) is 11.8 Å². The van der Waals surface area contributed by atoms with Crippen LogP contribution >= 0.6 is 0 Å². The zero-order valence-corrected chi connectivity index (χ0v) is 9.75. The molecular weight excluding hydrogens is 228 g/mol. The van der Waals surface area contributed by atoms with Crippen LogP contribution in [-0.2, 0) is 0 Å². The van der Waals surface area contributed by atoms with Crippen LogP contribution in [0.5, 0.6) is 0 Å². The van der Waals surface area contributed by atoms with Gasteiger partial charge in [0, 0.05) is 113 Å². The molecule has 2 atom stereocenters. The molecule has 0 amide bonds. The second-order valence-electron chi connectivity index (χ2n) is 2.77. The summed E-state index contributed by atoms with van der Waals surface area (Å²) in [5.41, 5.74) is 0. The van der Waals surface area contributed by atoms with Crippen LogP contribution in [0.2, 0.25) is 0 Å². The molecule has 2 unspecified atom stereocenters. The molecule has 0 saturated carbocycles. The van der Waals surface area contributed by atoms with Gasteiger partial charge >= 0.3 is 0 Å². The van der Waals surface area contributed by atoms with Crippen LogP contribution in [0, 0.1) is 125 Å². The Labute approximate surface area is 169 Å². The van der Waals surface area contributed by atoms with Gasteiger partial charge in [-0.25, -0.2) is 0 Å². The smallest absolute Gasteiger partial charge is 0 e. The molecule has 0 aromatic carbocycles. The van der Waals surface area contributed by atoms with Crippen molar-refractivity contribution in [2.75, 3.05) is 0 Å². The van der Waals surface area contributed by atoms with E-state index in [1.165, 1.54) is 12.8 Å². The molecule has 0 fully saturated rings. The zero-order valence-electron chi connectivity index (χ0n) is 7.63. The molecule has 0 N–H and O–H groups in total. The number of rotatable bonds is 3. The van der Waals surface area contributed by atoms with Crippen molar-refractivity contribution in [3.05, 3.63) is 0 Å². The Hall–Kier alpha value is 3.78. The van der Waals surface area contributed by atoms with E-state index in [1.54, 1.807) is 0 Å². The van der Waals surface area contributed by atoms with E-state index in [2.05, 4.69) is 27.7 Å². The molecule has 3 heteroatoms. The van der Waals surface area contributed by atoms with Gasteiger partial charge in [-0.2, -0.15) is 0 Å². The van der Waals surface area contributed by atoms with Crippen LogP contribution in [0.25, 0.3) is 0 Å². The third-order valence-corrected chi connectivity index (χ3v) is 2.26. The molecule has 0 bridgehead atoms. The van der Waals surface area contributed by atoms with Gasteiger partial charge in [0.1, 0.15) is 0 Å². The van der Waals surface area contributed by atoms with Crippen molar-refractivity contribution < 1.29 is 113 Å². The van der Waals surface area contributed by atoms with Gasteiger partial charge in [-0.1, -0.05) is 48.0 Å². The van der Waals surface area contributed by atoms with Gasteiger partial charge in [0.15, 0.2) is 0 Å². The first-order valence-corrected chi connectivity index (χ1v) is 3.72. The van der Waals surface area contributed by atoms with E-state index in [-0.39, 0.29) is 121 Å². The number of hydrogen-bond acceptors (Lipinski definition) is 0. The topological polar surface area (TPSA) is 0 Å². The summed E-state index contributed by atoms with van der Waals surface area (Å²) in [6, 6.07) is 0. The summed E-state index contributed by atoms with van der Waals surface area (Å²) in [5.74, 6) is 1.83. The molecule has 0 nitrogen and oxygen atoms in total. The summed E-state index contributed by atoms with van der Waals surface area (Å²) in [5, 5.41) is 0. The predicted octanol–water partition coefficient (Wildman–Crippen LogP) is 3.71. The van der Waals surface area contributed by atoms with Crippen molar-refractivity contribution in [3.63, 3.8) is 0 Å². The third kappa shape index (κ3) is 16.2. The Morgan fingerprint density at radius 1 is 0.750 bits per heavy atom. The van der Waals surface area contributed by atoms with E-state index in [0.29, 0.717) is 0 Å². The predicted molar refractivity (Wildman–Crippen MR) is 45.6 cm³/mol. The second-order valence-corrected chi connectivity index (χ2v) is 2.77. The van der Waals surface area contributed by atoms with Gasteiger partial charge < -0.3 is 0 Å². The van der Waals surface area contributed by atoms with Crippen LogP contribution in [0.15, 0.2) is 0 Å². The Morgan fingerprint density at radius 3 is 1.00 bits per heavy atom. The molecule has 0 aliphatic heterocycles. The summed E-state index contributed by atoms with van der Waals surface area (Å²) in [6.45, 7) is 9.18. The van der Waals surface area contributed by atoms with E-state index in [1.807, 2.05) is 0 Å². The van der Waals surface area contributed by atoms with Crippen LogP contribution < -0.4 is 0 Å². The minimum Gasteiger partial charge on any atom is -0.0776 e. The quantitative estimate of drug-likeness (QED) is 0.716. The molecule has 0 aromatic heterocycles. The molecule has 0 heterocycles. The second kappa shape index (κ2) is 20.2. The maximum Gasteiger partial charge on any atom is 0 e. The average molecular weight is 250 g/mol. The SMILES string of the molecule is C.CCC(C)C(C)CC.[Ar].[Ar].[Ar]. The van der Waals surface area contributed by atoms with Crippen LogP contribution in [-0.4, -0.2) is 0 Å². The molecule has 0 radical (unpaired) electrons. The van der Waals surface area contributed by atoms with Crippen molar-refractivity contribution in [1.29, 1.82) is 0 Å². The van der Waals surface area contributed by atoms with E-state index in [9.17, 15) is 0 Å². The van der Waals surface area contributed by atoms with Crippen LogP contribution in [0.3, 0.4) is 0 Å². The first-order valence-electron chi connectivity index (χ1n) is 3.72. The summed E-state index contributed by atoms with van der Waals surface area (Å²) >= 11 is 0. The fraction of sp³-hybridized carbons (Fsp3) is 1.00. The molecule has 0 aliphatic rings. The molecule has 0 rings (SSSR count). The fourth-order valence-corrected chi connectivity index (χ4v) is 0.805. The summed E-state index contributed by atoms with van der Waals surface area (Å²) in [7, 11) is 0. The Kier molecular flexibility index (Phi) is 50.0. The Balaban J connectivity index is -0.0000000408. The number of hydrogen-bond donors (Lipinski definition) is 0. The molecule has 0 spiro atoms. The summed E-state index contributed by atoms with van der Waals surface area (Å²) in [6.07, 6.45) is 2.66. The largest absolute Gasteiger partial charge is 0.0776 e. The van der Waals surface area contributed by atoms with E-state index in [4.69, 9.17) is 0 Å². The van der Waals surface area contributed by atoms with Crippen molar-refractivity contribution >= 4 is 0 Å². The third-order valence-electron chi connectivity index (χ3n) is 2.26. The van der Waals surface area contributed by atoms with Gasteiger partial charge in [0.2, 0.25) is 0 Å². The van der Waals surface area contributed by atoms with Gasteiger partial charge in [-0.15, -0.1) is 0 Å². The monoisotopic (exact) mass is 250 g/mol.